The minimum Gasteiger partial charge on any atom is -0.460 e. The van der Waals surface area contributed by atoms with Crippen LogP contribution in [-0.2, 0) is 4.74 Å². The Balaban J connectivity index is 1.82. The van der Waals surface area contributed by atoms with Gasteiger partial charge >= 0.3 is 5.97 Å². The molecule has 0 aliphatic carbocycles. The van der Waals surface area contributed by atoms with E-state index in [0.29, 0.717) is 17.9 Å². The molecule has 0 unspecified atom stereocenters. The van der Waals surface area contributed by atoms with Gasteiger partial charge in [-0.15, -0.1) is 0 Å². The van der Waals surface area contributed by atoms with E-state index >= 15 is 0 Å². The fourth-order valence-electron chi connectivity index (χ4n) is 2.29. The summed E-state index contributed by atoms with van der Waals surface area (Å²) in [7, 11) is 3.89. The van der Waals surface area contributed by atoms with E-state index in [2.05, 4.69) is 10.3 Å². The predicted molar refractivity (Wildman–Crippen MR) is 95.2 cm³/mol. The summed E-state index contributed by atoms with van der Waals surface area (Å²) < 4.78 is 5.22. The van der Waals surface area contributed by atoms with Crippen molar-refractivity contribution in [3.05, 3.63) is 57.8 Å². The SMILES string of the molecule is Cc1cc(C(=O)OCCNc2ccc([N+](=O)[O-])cn2)ccc1N(C)C. The summed E-state index contributed by atoms with van der Waals surface area (Å²) in [4.78, 5) is 28.0. The van der Waals surface area contributed by atoms with E-state index in [1.165, 1.54) is 18.3 Å². The van der Waals surface area contributed by atoms with Crippen LogP contribution in [0.25, 0.3) is 0 Å². The monoisotopic (exact) mass is 344 g/mol. The van der Waals surface area contributed by atoms with Crippen molar-refractivity contribution < 1.29 is 14.5 Å². The summed E-state index contributed by atoms with van der Waals surface area (Å²) in [5, 5.41) is 13.5. The van der Waals surface area contributed by atoms with E-state index in [0.717, 1.165) is 11.3 Å². The van der Waals surface area contributed by atoms with Gasteiger partial charge in [0, 0.05) is 25.8 Å². The first-order chi connectivity index (χ1) is 11.9. The Labute approximate surface area is 145 Å². The van der Waals surface area contributed by atoms with Crippen LogP contribution in [0.1, 0.15) is 15.9 Å². The maximum absolute atomic E-state index is 12.1. The molecule has 0 saturated heterocycles. The molecule has 2 aromatic rings. The van der Waals surface area contributed by atoms with E-state index in [1.807, 2.05) is 32.0 Å². The molecule has 0 bridgehead atoms. The molecule has 1 heterocycles. The number of benzene rings is 1. The van der Waals surface area contributed by atoms with Crippen molar-refractivity contribution in [2.45, 2.75) is 6.92 Å². The lowest BCUT2D eigenvalue weighted by Gasteiger charge is -2.16. The van der Waals surface area contributed by atoms with Crippen LogP contribution in [0.4, 0.5) is 17.2 Å². The molecule has 8 nitrogen and oxygen atoms in total. The molecular weight excluding hydrogens is 324 g/mol. The number of carbonyl (C=O) groups excluding carboxylic acids is 1. The van der Waals surface area contributed by atoms with Gasteiger partial charge in [-0.05, 0) is 36.8 Å². The Kier molecular flexibility index (Phi) is 5.89. The summed E-state index contributed by atoms with van der Waals surface area (Å²) in [6, 6.07) is 8.27. The third kappa shape index (κ3) is 4.90. The van der Waals surface area contributed by atoms with Gasteiger partial charge in [0.25, 0.3) is 5.69 Å². The first-order valence-electron chi connectivity index (χ1n) is 7.68. The van der Waals surface area contributed by atoms with Crippen LogP contribution in [0.3, 0.4) is 0 Å². The molecule has 132 valence electrons. The number of nitro groups is 1. The van der Waals surface area contributed by atoms with Crippen molar-refractivity contribution in [3.8, 4) is 0 Å². The number of aromatic nitrogens is 1. The molecular formula is C17H20N4O4. The third-order valence-corrected chi connectivity index (χ3v) is 3.51. The zero-order valence-electron chi connectivity index (χ0n) is 14.4. The molecule has 2 rings (SSSR count). The van der Waals surface area contributed by atoms with Crippen LogP contribution in [0.2, 0.25) is 0 Å². The van der Waals surface area contributed by atoms with Gasteiger partial charge in [0.15, 0.2) is 0 Å². The molecule has 0 amide bonds. The summed E-state index contributed by atoms with van der Waals surface area (Å²) in [6.45, 7) is 2.45. The van der Waals surface area contributed by atoms with Gasteiger partial charge < -0.3 is 15.0 Å². The molecule has 0 aliphatic heterocycles. The molecule has 0 saturated carbocycles. The largest absolute Gasteiger partial charge is 0.460 e. The summed E-state index contributed by atoms with van der Waals surface area (Å²) in [5.41, 5.74) is 2.46. The molecule has 25 heavy (non-hydrogen) atoms. The van der Waals surface area contributed by atoms with Crippen molar-refractivity contribution >= 4 is 23.2 Å². The Bertz CT molecular complexity index is 760. The normalized spacial score (nSPS) is 10.2. The van der Waals surface area contributed by atoms with Crippen LogP contribution >= 0.6 is 0 Å². The number of anilines is 2. The second kappa shape index (κ2) is 8.09. The lowest BCUT2D eigenvalue weighted by atomic mass is 10.1. The van der Waals surface area contributed by atoms with E-state index in [-0.39, 0.29) is 12.3 Å². The standard InChI is InChI=1S/C17H20N4O4/c1-12-10-13(4-6-15(12)20(2)3)17(22)25-9-8-18-16-7-5-14(11-19-16)21(23)24/h4-7,10-11H,8-9H2,1-3H3,(H,18,19). The van der Waals surface area contributed by atoms with Crippen molar-refractivity contribution in [1.29, 1.82) is 0 Å². The highest BCUT2D eigenvalue weighted by Gasteiger charge is 2.10. The fourth-order valence-corrected chi connectivity index (χ4v) is 2.29. The number of hydrogen-bond donors (Lipinski definition) is 1. The number of aryl methyl sites for hydroxylation is 1. The topological polar surface area (TPSA) is 97.6 Å². The van der Waals surface area contributed by atoms with E-state index in [4.69, 9.17) is 4.74 Å². The van der Waals surface area contributed by atoms with E-state index in [9.17, 15) is 14.9 Å². The molecule has 1 aromatic heterocycles. The molecule has 0 aliphatic rings. The average molecular weight is 344 g/mol. The van der Waals surface area contributed by atoms with Gasteiger partial charge in [-0.3, -0.25) is 10.1 Å². The lowest BCUT2D eigenvalue weighted by Crippen LogP contribution is -2.15. The van der Waals surface area contributed by atoms with E-state index < -0.39 is 10.9 Å². The van der Waals surface area contributed by atoms with Crippen molar-refractivity contribution in [1.82, 2.24) is 4.98 Å². The highest BCUT2D eigenvalue weighted by atomic mass is 16.6. The first kappa shape index (κ1) is 18.2. The number of ether oxygens (including phenoxy) is 1. The number of rotatable bonds is 7. The minimum atomic E-state index is -0.512. The number of nitrogens with one attached hydrogen (secondary N) is 1. The number of pyridine rings is 1. The van der Waals surface area contributed by atoms with Gasteiger partial charge in [-0.25, -0.2) is 9.78 Å². The molecule has 1 N–H and O–H groups in total. The van der Waals surface area contributed by atoms with Crippen LogP contribution < -0.4 is 10.2 Å². The van der Waals surface area contributed by atoms with Crippen LogP contribution in [0, 0.1) is 17.0 Å². The highest BCUT2D eigenvalue weighted by Crippen LogP contribution is 2.19. The molecule has 8 heteroatoms. The van der Waals surface area contributed by atoms with Crippen molar-refractivity contribution in [2.24, 2.45) is 0 Å². The second-order valence-electron chi connectivity index (χ2n) is 5.62. The number of esters is 1. The molecule has 0 atom stereocenters. The molecule has 0 fully saturated rings. The summed E-state index contributed by atoms with van der Waals surface area (Å²) >= 11 is 0. The Morgan fingerprint density at radius 1 is 1.32 bits per heavy atom. The third-order valence-electron chi connectivity index (χ3n) is 3.51. The van der Waals surface area contributed by atoms with Gasteiger partial charge in [-0.2, -0.15) is 0 Å². The lowest BCUT2D eigenvalue weighted by molar-refractivity contribution is -0.385. The van der Waals surface area contributed by atoms with Gasteiger partial charge in [0.05, 0.1) is 17.0 Å². The van der Waals surface area contributed by atoms with Gasteiger partial charge in [0.1, 0.15) is 18.6 Å². The van der Waals surface area contributed by atoms with Crippen molar-refractivity contribution in [2.75, 3.05) is 37.5 Å². The van der Waals surface area contributed by atoms with Crippen LogP contribution in [-0.4, -0.2) is 43.1 Å². The molecule has 1 aromatic carbocycles. The highest BCUT2D eigenvalue weighted by molar-refractivity contribution is 5.90. The fraction of sp³-hybridized carbons (Fsp3) is 0.294. The average Bonchev–Trinajstić information content (AvgIpc) is 2.58. The number of hydrogen-bond acceptors (Lipinski definition) is 7. The first-order valence-corrected chi connectivity index (χ1v) is 7.68. The van der Waals surface area contributed by atoms with Gasteiger partial charge in [0.2, 0.25) is 0 Å². The molecule has 0 radical (unpaired) electrons. The Morgan fingerprint density at radius 3 is 2.64 bits per heavy atom. The predicted octanol–water partition coefficient (Wildman–Crippen LogP) is 2.63. The number of nitrogens with zero attached hydrogens (tertiary/aromatic N) is 3. The Morgan fingerprint density at radius 2 is 2.08 bits per heavy atom. The van der Waals surface area contributed by atoms with Crippen molar-refractivity contribution in [3.63, 3.8) is 0 Å². The van der Waals surface area contributed by atoms with Crippen LogP contribution in [0.5, 0.6) is 0 Å². The Hall–Kier alpha value is -3.16. The summed E-state index contributed by atoms with van der Waals surface area (Å²) in [5.74, 6) is 0.0831. The minimum absolute atomic E-state index is 0.0754. The molecule has 0 spiro atoms. The zero-order chi connectivity index (χ0) is 18.4. The zero-order valence-corrected chi connectivity index (χ0v) is 14.4. The van der Waals surface area contributed by atoms with Gasteiger partial charge in [-0.1, -0.05) is 0 Å². The van der Waals surface area contributed by atoms with E-state index in [1.54, 1.807) is 12.1 Å². The maximum atomic E-state index is 12.1. The maximum Gasteiger partial charge on any atom is 0.338 e. The number of carbonyl (C=O) groups is 1. The summed E-state index contributed by atoms with van der Waals surface area (Å²) in [6.07, 6.45) is 1.17. The second-order valence-corrected chi connectivity index (χ2v) is 5.62. The van der Waals surface area contributed by atoms with Crippen LogP contribution in [0.15, 0.2) is 36.5 Å². The quantitative estimate of drug-likeness (QED) is 0.357. The smallest absolute Gasteiger partial charge is 0.338 e.